The van der Waals surface area contributed by atoms with Crippen LogP contribution >= 0.6 is 0 Å². The van der Waals surface area contributed by atoms with Crippen LogP contribution in [-0.4, -0.2) is 5.97 Å². The third-order valence-electron chi connectivity index (χ3n) is 5.91. The number of hydrogen-bond acceptors (Lipinski definition) is 2. The summed E-state index contributed by atoms with van der Waals surface area (Å²) in [4.78, 5) is 10.4. The van der Waals surface area contributed by atoms with E-state index in [1.54, 1.807) is 6.92 Å². The molecule has 0 aromatic carbocycles. The predicted octanol–water partition coefficient (Wildman–Crippen LogP) is 3.65. The number of carbonyl (C=O) groups is 1. The number of rotatable bonds is 2. The number of aliphatic carboxylic acids is 1. The minimum Gasteiger partial charge on any atom is -0.545 e. The van der Waals surface area contributed by atoms with Gasteiger partial charge >= 0.3 is 0 Å². The van der Waals surface area contributed by atoms with E-state index < -0.39 is 5.97 Å². The molecule has 4 aliphatic carbocycles. The van der Waals surface area contributed by atoms with Gasteiger partial charge < -0.3 is 9.90 Å². The van der Waals surface area contributed by atoms with Crippen molar-refractivity contribution in [2.24, 2.45) is 29.6 Å². The molecule has 0 N–H and O–H groups in total. The highest BCUT2D eigenvalue weighted by Crippen LogP contribution is 2.52. The van der Waals surface area contributed by atoms with Gasteiger partial charge in [0.25, 0.3) is 0 Å². The molecule has 2 saturated carbocycles. The molecular formula is C20H27O2-. The fraction of sp³-hybridized carbons (Fsp3) is 0.650. The Labute approximate surface area is 134 Å². The van der Waals surface area contributed by atoms with Crippen LogP contribution in [0.15, 0.2) is 36.0 Å². The van der Waals surface area contributed by atoms with Crippen molar-refractivity contribution < 1.29 is 9.90 Å². The number of fused-ring (bicyclic) bond motifs is 5. The Hall–Kier alpha value is -1.31. The smallest absolute Gasteiger partial charge is 0.0668 e. The van der Waals surface area contributed by atoms with Gasteiger partial charge in [-0.25, -0.2) is 0 Å². The van der Waals surface area contributed by atoms with Crippen LogP contribution in [0.3, 0.4) is 0 Å². The molecule has 2 bridgehead atoms. The van der Waals surface area contributed by atoms with E-state index in [-0.39, 0.29) is 0 Å². The lowest BCUT2D eigenvalue weighted by molar-refractivity contribution is -0.299. The highest BCUT2D eigenvalue weighted by Gasteiger charge is 2.44. The molecule has 22 heavy (non-hydrogen) atoms. The van der Waals surface area contributed by atoms with Crippen LogP contribution in [0.5, 0.6) is 0 Å². The van der Waals surface area contributed by atoms with Crippen LogP contribution in [0, 0.1) is 29.6 Å². The molecule has 0 spiro atoms. The Morgan fingerprint density at radius 1 is 1.09 bits per heavy atom. The van der Waals surface area contributed by atoms with Gasteiger partial charge in [0.2, 0.25) is 0 Å². The van der Waals surface area contributed by atoms with Gasteiger partial charge in [0.05, 0.1) is 5.97 Å². The van der Waals surface area contributed by atoms with E-state index in [1.807, 2.05) is 6.08 Å². The van der Waals surface area contributed by atoms with Crippen LogP contribution < -0.4 is 5.11 Å². The highest BCUT2D eigenvalue weighted by molar-refractivity contribution is 5.83. The summed E-state index contributed by atoms with van der Waals surface area (Å²) >= 11 is 0. The van der Waals surface area contributed by atoms with Crippen molar-refractivity contribution >= 4 is 5.97 Å². The molecule has 0 aromatic heterocycles. The van der Waals surface area contributed by atoms with E-state index in [2.05, 4.69) is 24.3 Å². The van der Waals surface area contributed by atoms with Gasteiger partial charge in [0, 0.05) is 0 Å². The summed E-state index contributed by atoms with van der Waals surface area (Å²) in [6, 6.07) is 0. The second kappa shape index (κ2) is 6.85. The molecule has 4 atom stereocenters. The van der Waals surface area contributed by atoms with E-state index >= 15 is 0 Å². The Kier molecular flexibility index (Phi) is 4.85. The number of carboxylic acid groups (broad SMARTS) is 1. The van der Waals surface area contributed by atoms with Gasteiger partial charge in [0.15, 0.2) is 0 Å². The molecule has 2 heteroatoms. The molecular weight excluding hydrogens is 272 g/mol. The van der Waals surface area contributed by atoms with E-state index in [4.69, 9.17) is 0 Å². The van der Waals surface area contributed by atoms with Crippen molar-refractivity contribution in [2.75, 3.05) is 0 Å². The Balaban J connectivity index is 0.000000132. The van der Waals surface area contributed by atoms with E-state index in [1.165, 1.54) is 32.1 Å². The van der Waals surface area contributed by atoms with E-state index in [0.717, 1.165) is 36.5 Å². The van der Waals surface area contributed by atoms with Gasteiger partial charge in [-0.15, -0.1) is 0 Å². The molecule has 4 unspecified atom stereocenters. The zero-order valence-corrected chi connectivity index (χ0v) is 13.5. The van der Waals surface area contributed by atoms with Crippen LogP contribution in [0.4, 0.5) is 0 Å². The normalized spacial score (nSPS) is 36.1. The molecule has 0 saturated heterocycles. The lowest BCUT2D eigenvalue weighted by Gasteiger charge is -2.19. The van der Waals surface area contributed by atoms with Gasteiger partial charge in [-0.2, -0.15) is 0 Å². The van der Waals surface area contributed by atoms with Crippen LogP contribution in [0.1, 0.15) is 51.9 Å². The van der Waals surface area contributed by atoms with E-state index in [0.29, 0.717) is 11.5 Å². The number of allylic oxidation sites excluding steroid dienone is 5. The monoisotopic (exact) mass is 299 g/mol. The molecule has 120 valence electrons. The molecule has 0 aliphatic heterocycles. The van der Waals surface area contributed by atoms with Gasteiger partial charge in [-0.3, -0.25) is 0 Å². The average molecular weight is 299 g/mol. The summed E-state index contributed by atoms with van der Waals surface area (Å²) < 4.78 is 0. The standard InChI is InChI=1S/C10H16O2.C10H12/c1-8(10(11)12)7-9-5-3-2-4-6-9;1-2-9-7-4-5-8(6-7)10(9)3-1/h7,9H,2-6H2,1H3,(H,11,12);1-2,4-5,7-10H,3,6H2/p-1/b8-7+;. The molecule has 4 aliphatic rings. The van der Waals surface area contributed by atoms with Gasteiger partial charge in [-0.1, -0.05) is 49.6 Å². The van der Waals surface area contributed by atoms with Gasteiger partial charge in [0.1, 0.15) is 0 Å². The molecule has 0 heterocycles. The number of carbonyl (C=O) groups excluding carboxylic acids is 1. The number of carboxylic acids is 1. The first-order valence-electron chi connectivity index (χ1n) is 8.90. The van der Waals surface area contributed by atoms with Crippen LogP contribution in [0.2, 0.25) is 0 Å². The summed E-state index contributed by atoms with van der Waals surface area (Å²) in [7, 11) is 0. The lowest BCUT2D eigenvalue weighted by Crippen LogP contribution is -2.23. The van der Waals surface area contributed by atoms with Crippen molar-refractivity contribution in [3.8, 4) is 0 Å². The Morgan fingerprint density at radius 2 is 1.82 bits per heavy atom. The summed E-state index contributed by atoms with van der Waals surface area (Å²) in [6.07, 6.45) is 20.4. The Bertz CT molecular complexity index is 494. The minimum absolute atomic E-state index is 0.391. The number of hydrogen-bond donors (Lipinski definition) is 0. The van der Waals surface area contributed by atoms with Crippen molar-refractivity contribution in [1.82, 2.24) is 0 Å². The maximum atomic E-state index is 10.4. The van der Waals surface area contributed by atoms with Crippen molar-refractivity contribution in [3.63, 3.8) is 0 Å². The highest BCUT2D eigenvalue weighted by atomic mass is 16.4. The minimum atomic E-state index is -1.03. The first-order chi connectivity index (χ1) is 10.6. The fourth-order valence-electron chi connectivity index (χ4n) is 4.70. The maximum absolute atomic E-state index is 10.4. The average Bonchev–Trinajstić information content (AvgIpc) is 3.23. The molecule has 0 amide bonds. The zero-order valence-electron chi connectivity index (χ0n) is 13.5. The molecule has 2 nitrogen and oxygen atoms in total. The third kappa shape index (κ3) is 3.37. The maximum Gasteiger partial charge on any atom is 0.0668 e. The molecule has 0 aromatic rings. The van der Waals surface area contributed by atoms with Crippen molar-refractivity contribution in [1.29, 1.82) is 0 Å². The lowest BCUT2D eigenvalue weighted by atomic mass is 9.86. The first-order valence-corrected chi connectivity index (χ1v) is 8.90. The topological polar surface area (TPSA) is 40.1 Å². The van der Waals surface area contributed by atoms with Crippen LogP contribution in [-0.2, 0) is 4.79 Å². The summed E-state index contributed by atoms with van der Waals surface area (Å²) in [5.74, 6) is 3.28. The van der Waals surface area contributed by atoms with E-state index in [9.17, 15) is 9.90 Å². The summed E-state index contributed by atoms with van der Waals surface area (Å²) in [5.41, 5.74) is 0.391. The van der Waals surface area contributed by atoms with Crippen molar-refractivity contribution in [3.05, 3.63) is 36.0 Å². The molecule has 2 fully saturated rings. The first kappa shape index (κ1) is 15.6. The Morgan fingerprint density at radius 3 is 2.50 bits per heavy atom. The molecule has 0 radical (unpaired) electrons. The molecule has 4 rings (SSSR count). The largest absolute Gasteiger partial charge is 0.545 e. The van der Waals surface area contributed by atoms with Crippen molar-refractivity contribution in [2.45, 2.75) is 51.9 Å². The quantitative estimate of drug-likeness (QED) is 0.577. The summed E-state index contributed by atoms with van der Waals surface area (Å²) in [5, 5.41) is 10.4. The third-order valence-corrected chi connectivity index (χ3v) is 5.91. The SMILES string of the molecule is C/C(=C\C1CCCCC1)C(=O)[O-].C1=CC2C3C=CC(C3)C2C1. The summed E-state index contributed by atoms with van der Waals surface area (Å²) in [6.45, 7) is 1.62. The predicted molar refractivity (Wildman–Crippen MR) is 86.8 cm³/mol. The zero-order chi connectivity index (χ0) is 15.5. The fourth-order valence-corrected chi connectivity index (χ4v) is 4.70. The van der Waals surface area contributed by atoms with Crippen LogP contribution in [0.25, 0.3) is 0 Å². The second-order valence-electron chi connectivity index (χ2n) is 7.39. The van der Waals surface area contributed by atoms with Gasteiger partial charge in [-0.05, 0) is 67.8 Å². The second-order valence-corrected chi connectivity index (χ2v) is 7.39.